The predicted molar refractivity (Wildman–Crippen MR) is 44.1 cm³/mol. The summed E-state index contributed by atoms with van der Waals surface area (Å²) < 4.78 is 0. The highest BCUT2D eigenvalue weighted by Gasteiger charge is 2.20. The summed E-state index contributed by atoms with van der Waals surface area (Å²) in [4.78, 5) is 0. The Morgan fingerprint density at radius 2 is 2.00 bits per heavy atom. The van der Waals surface area contributed by atoms with E-state index in [1.54, 1.807) is 0 Å². The van der Waals surface area contributed by atoms with E-state index in [1.807, 2.05) is 20.8 Å². The second-order valence-corrected chi connectivity index (χ2v) is 3.33. The van der Waals surface area contributed by atoms with Gasteiger partial charge in [0.15, 0.2) is 0 Å². The maximum atomic E-state index is 9.45. The highest BCUT2D eigenvalue weighted by atomic mass is 16.3. The first kappa shape index (κ1) is 9.92. The molecule has 0 bridgehead atoms. The predicted octanol–water partition coefficient (Wildman–Crippen LogP) is 1.15. The third-order valence-electron chi connectivity index (χ3n) is 1.76. The minimum atomic E-state index is -0.602. The lowest BCUT2D eigenvalue weighted by molar-refractivity contribution is 0.0445. The number of nitrogens with one attached hydrogen (secondary N) is 1. The maximum absolute atomic E-state index is 9.45. The number of hydrogen-bond acceptors (Lipinski definition) is 2. The standard InChI is InChI=1S/C8H19NO/c1-5-6-9-7(2)8(3,4)10/h7,9-10H,5-6H2,1-4H3. The molecule has 0 aliphatic rings. The minimum absolute atomic E-state index is 0.174. The second-order valence-electron chi connectivity index (χ2n) is 3.33. The summed E-state index contributed by atoms with van der Waals surface area (Å²) in [6, 6.07) is 0.174. The lowest BCUT2D eigenvalue weighted by Crippen LogP contribution is -2.44. The van der Waals surface area contributed by atoms with Crippen LogP contribution >= 0.6 is 0 Å². The molecule has 0 fully saturated rings. The Balaban J connectivity index is 3.52. The van der Waals surface area contributed by atoms with Crippen molar-refractivity contribution in [3.63, 3.8) is 0 Å². The van der Waals surface area contributed by atoms with E-state index in [0.29, 0.717) is 0 Å². The van der Waals surface area contributed by atoms with Gasteiger partial charge in [-0.2, -0.15) is 0 Å². The molecular formula is C8H19NO. The average Bonchev–Trinajstić information content (AvgIpc) is 1.80. The van der Waals surface area contributed by atoms with Crippen molar-refractivity contribution in [2.75, 3.05) is 6.54 Å². The first-order valence-electron chi connectivity index (χ1n) is 3.94. The lowest BCUT2D eigenvalue weighted by Gasteiger charge is -2.26. The van der Waals surface area contributed by atoms with Gasteiger partial charge in [0.05, 0.1) is 5.60 Å². The van der Waals surface area contributed by atoms with E-state index in [9.17, 15) is 5.11 Å². The zero-order chi connectivity index (χ0) is 8.20. The van der Waals surface area contributed by atoms with Crippen LogP contribution in [0.2, 0.25) is 0 Å². The SMILES string of the molecule is CCCNC(C)C(C)(C)O. The highest BCUT2D eigenvalue weighted by Crippen LogP contribution is 2.06. The molecule has 0 aromatic rings. The third kappa shape index (κ3) is 3.85. The van der Waals surface area contributed by atoms with E-state index in [4.69, 9.17) is 0 Å². The summed E-state index contributed by atoms with van der Waals surface area (Å²) in [5.74, 6) is 0. The van der Waals surface area contributed by atoms with Gasteiger partial charge in [0.2, 0.25) is 0 Å². The van der Waals surface area contributed by atoms with Crippen LogP contribution in [0.15, 0.2) is 0 Å². The Bertz CT molecular complexity index is 85.7. The summed E-state index contributed by atoms with van der Waals surface area (Å²) >= 11 is 0. The Kier molecular flexibility index (Phi) is 3.91. The van der Waals surface area contributed by atoms with Gasteiger partial charge >= 0.3 is 0 Å². The molecule has 0 aromatic heterocycles. The van der Waals surface area contributed by atoms with E-state index in [1.165, 1.54) is 0 Å². The summed E-state index contributed by atoms with van der Waals surface area (Å²) in [5, 5.41) is 12.7. The Labute approximate surface area is 63.6 Å². The Morgan fingerprint density at radius 1 is 1.50 bits per heavy atom. The number of hydrogen-bond donors (Lipinski definition) is 2. The van der Waals surface area contributed by atoms with Gasteiger partial charge in [-0.25, -0.2) is 0 Å². The van der Waals surface area contributed by atoms with Gasteiger partial charge in [-0.3, -0.25) is 0 Å². The summed E-state index contributed by atoms with van der Waals surface area (Å²) in [7, 11) is 0. The third-order valence-corrected chi connectivity index (χ3v) is 1.76. The summed E-state index contributed by atoms with van der Waals surface area (Å²) in [6.07, 6.45) is 1.11. The van der Waals surface area contributed by atoms with E-state index in [0.717, 1.165) is 13.0 Å². The van der Waals surface area contributed by atoms with Crippen molar-refractivity contribution in [1.82, 2.24) is 5.32 Å². The van der Waals surface area contributed by atoms with Crippen molar-refractivity contribution in [1.29, 1.82) is 0 Å². The molecule has 0 radical (unpaired) electrons. The van der Waals surface area contributed by atoms with Crippen LogP contribution < -0.4 is 5.32 Å². The molecular weight excluding hydrogens is 126 g/mol. The molecule has 2 heteroatoms. The van der Waals surface area contributed by atoms with Gasteiger partial charge in [0.1, 0.15) is 0 Å². The van der Waals surface area contributed by atoms with E-state index < -0.39 is 5.60 Å². The average molecular weight is 145 g/mol. The van der Waals surface area contributed by atoms with Gasteiger partial charge in [-0.1, -0.05) is 6.92 Å². The summed E-state index contributed by atoms with van der Waals surface area (Å²) in [5.41, 5.74) is -0.602. The van der Waals surface area contributed by atoms with Crippen LogP contribution in [0.1, 0.15) is 34.1 Å². The number of aliphatic hydroxyl groups is 1. The van der Waals surface area contributed by atoms with E-state index in [-0.39, 0.29) is 6.04 Å². The molecule has 0 aliphatic carbocycles. The molecule has 2 N–H and O–H groups in total. The van der Waals surface area contributed by atoms with Crippen molar-refractivity contribution >= 4 is 0 Å². The molecule has 0 aliphatic heterocycles. The van der Waals surface area contributed by atoms with Crippen molar-refractivity contribution in [2.45, 2.75) is 45.8 Å². The van der Waals surface area contributed by atoms with Crippen molar-refractivity contribution in [3.8, 4) is 0 Å². The molecule has 10 heavy (non-hydrogen) atoms. The zero-order valence-electron chi connectivity index (χ0n) is 7.44. The summed E-state index contributed by atoms with van der Waals surface area (Å²) in [6.45, 7) is 8.73. The molecule has 0 saturated carbocycles. The largest absolute Gasteiger partial charge is 0.389 e. The molecule has 0 saturated heterocycles. The van der Waals surface area contributed by atoms with Crippen LogP contribution in [0.5, 0.6) is 0 Å². The zero-order valence-corrected chi connectivity index (χ0v) is 7.44. The van der Waals surface area contributed by atoms with Crippen LogP contribution in [0.25, 0.3) is 0 Å². The van der Waals surface area contributed by atoms with Gasteiger partial charge in [0.25, 0.3) is 0 Å². The molecule has 0 amide bonds. The molecule has 62 valence electrons. The molecule has 0 heterocycles. The molecule has 2 nitrogen and oxygen atoms in total. The van der Waals surface area contributed by atoms with Crippen LogP contribution in [-0.2, 0) is 0 Å². The molecule has 1 atom stereocenters. The second kappa shape index (κ2) is 3.94. The van der Waals surface area contributed by atoms with Crippen LogP contribution in [0.3, 0.4) is 0 Å². The Morgan fingerprint density at radius 3 is 2.30 bits per heavy atom. The lowest BCUT2D eigenvalue weighted by atomic mass is 10.0. The molecule has 0 spiro atoms. The fourth-order valence-corrected chi connectivity index (χ4v) is 0.611. The van der Waals surface area contributed by atoms with Crippen LogP contribution in [0.4, 0.5) is 0 Å². The van der Waals surface area contributed by atoms with Gasteiger partial charge in [-0.05, 0) is 33.7 Å². The monoisotopic (exact) mass is 145 g/mol. The molecule has 0 rings (SSSR count). The van der Waals surface area contributed by atoms with Crippen molar-refractivity contribution < 1.29 is 5.11 Å². The van der Waals surface area contributed by atoms with E-state index in [2.05, 4.69) is 12.2 Å². The number of rotatable bonds is 4. The van der Waals surface area contributed by atoms with Gasteiger partial charge in [0, 0.05) is 6.04 Å². The van der Waals surface area contributed by atoms with Crippen molar-refractivity contribution in [3.05, 3.63) is 0 Å². The van der Waals surface area contributed by atoms with Crippen molar-refractivity contribution in [2.24, 2.45) is 0 Å². The molecule has 0 aromatic carbocycles. The quantitative estimate of drug-likeness (QED) is 0.622. The topological polar surface area (TPSA) is 32.3 Å². The smallest absolute Gasteiger partial charge is 0.0741 e. The van der Waals surface area contributed by atoms with E-state index >= 15 is 0 Å². The fourth-order valence-electron chi connectivity index (χ4n) is 0.611. The van der Waals surface area contributed by atoms with Crippen LogP contribution in [0, 0.1) is 0 Å². The fraction of sp³-hybridized carbons (Fsp3) is 1.00. The highest BCUT2D eigenvalue weighted by molar-refractivity contribution is 4.78. The van der Waals surface area contributed by atoms with Gasteiger partial charge < -0.3 is 10.4 Å². The molecule has 1 unspecified atom stereocenters. The first-order chi connectivity index (χ1) is 4.48. The maximum Gasteiger partial charge on any atom is 0.0741 e. The first-order valence-corrected chi connectivity index (χ1v) is 3.94. The normalized spacial score (nSPS) is 15.3. The van der Waals surface area contributed by atoms with Gasteiger partial charge in [-0.15, -0.1) is 0 Å². The van der Waals surface area contributed by atoms with Crippen LogP contribution in [-0.4, -0.2) is 23.3 Å². The minimum Gasteiger partial charge on any atom is -0.389 e. The Hall–Kier alpha value is -0.0800.